The minimum atomic E-state index is -0.0246. The Morgan fingerprint density at radius 1 is 1.47 bits per heavy atom. The molecule has 0 spiro atoms. The fraction of sp³-hybridized carbons (Fsp3) is 0.714. The van der Waals surface area contributed by atoms with Crippen LogP contribution in [-0.4, -0.2) is 9.97 Å². The summed E-state index contributed by atoms with van der Waals surface area (Å²) in [4.78, 5) is 18.4. The Hall–Kier alpha value is -1.12. The second-order valence-electron chi connectivity index (χ2n) is 5.28. The number of aromatic nitrogens is 2. The van der Waals surface area contributed by atoms with Gasteiger partial charge in [-0.2, -0.15) is 0 Å². The van der Waals surface area contributed by atoms with Gasteiger partial charge in [-0.25, -0.2) is 4.98 Å². The third-order valence-electron chi connectivity index (χ3n) is 4.27. The van der Waals surface area contributed by atoms with Gasteiger partial charge in [-0.1, -0.05) is 33.1 Å². The standard InChI is InChI=1S/C14H22N2O/c1-3-10(2)11-6-4-5-7-12(11)13-8-14(17)16-9-15-13/h8-12H,3-7H2,1-2H3,(H,15,16,17). The number of nitrogens with one attached hydrogen (secondary N) is 1. The number of aromatic amines is 1. The first-order valence-electron chi connectivity index (χ1n) is 6.77. The van der Waals surface area contributed by atoms with Crippen molar-refractivity contribution in [2.24, 2.45) is 11.8 Å². The molecular formula is C14H22N2O. The van der Waals surface area contributed by atoms with Gasteiger partial charge < -0.3 is 4.98 Å². The van der Waals surface area contributed by atoms with Crippen molar-refractivity contribution in [3.8, 4) is 0 Å². The first kappa shape index (κ1) is 12.3. The van der Waals surface area contributed by atoms with Crippen LogP contribution in [0, 0.1) is 11.8 Å². The highest BCUT2D eigenvalue weighted by Gasteiger charge is 2.30. The molecule has 1 N–H and O–H groups in total. The van der Waals surface area contributed by atoms with E-state index < -0.39 is 0 Å². The van der Waals surface area contributed by atoms with Gasteiger partial charge in [0.25, 0.3) is 5.56 Å². The second-order valence-corrected chi connectivity index (χ2v) is 5.28. The Morgan fingerprint density at radius 2 is 2.24 bits per heavy atom. The van der Waals surface area contributed by atoms with Crippen LogP contribution in [0.1, 0.15) is 57.6 Å². The van der Waals surface area contributed by atoms with Crippen molar-refractivity contribution in [1.29, 1.82) is 0 Å². The summed E-state index contributed by atoms with van der Waals surface area (Å²) in [5.41, 5.74) is 0.974. The number of hydrogen-bond acceptors (Lipinski definition) is 2. The van der Waals surface area contributed by atoms with Crippen LogP contribution in [0.3, 0.4) is 0 Å². The van der Waals surface area contributed by atoms with E-state index in [0.29, 0.717) is 11.8 Å². The van der Waals surface area contributed by atoms with Gasteiger partial charge in [-0.05, 0) is 24.7 Å². The zero-order valence-corrected chi connectivity index (χ0v) is 10.8. The van der Waals surface area contributed by atoms with Crippen LogP contribution in [0.5, 0.6) is 0 Å². The van der Waals surface area contributed by atoms with Crippen molar-refractivity contribution in [2.45, 2.75) is 51.9 Å². The van der Waals surface area contributed by atoms with Crippen molar-refractivity contribution >= 4 is 0 Å². The highest BCUT2D eigenvalue weighted by atomic mass is 16.1. The van der Waals surface area contributed by atoms with Crippen LogP contribution in [0.4, 0.5) is 0 Å². The Balaban J connectivity index is 2.24. The van der Waals surface area contributed by atoms with Gasteiger partial charge in [0, 0.05) is 12.0 Å². The van der Waals surface area contributed by atoms with Gasteiger partial charge in [-0.3, -0.25) is 4.79 Å². The van der Waals surface area contributed by atoms with Crippen LogP contribution < -0.4 is 5.56 Å². The molecule has 94 valence electrons. The van der Waals surface area contributed by atoms with E-state index >= 15 is 0 Å². The molecule has 0 bridgehead atoms. The lowest BCUT2D eigenvalue weighted by Gasteiger charge is -2.35. The molecule has 1 aliphatic carbocycles. The molecule has 1 aliphatic rings. The molecule has 0 radical (unpaired) electrons. The zero-order chi connectivity index (χ0) is 12.3. The monoisotopic (exact) mass is 234 g/mol. The Kier molecular flexibility index (Phi) is 3.97. The SMILES string of the molecule is CCC(C)C1CCCCC1c1cc(=O)[nH]cn1. The maximum absolute atomic E-state index is 11.4. The van der Waals surface area contributed by atoms with Gasteiger partial charge in [0.15, 0.2) is 0 Å². The van der Waals surface area contributed by atoms with Crippen molar-refractivity contribution in [2.75, 3.05) is 0 Å². The molecule has 1 heterocycles. The van der Waals surface area contributed by atoms with Crippen molar-refractivity contribution in [1.82, 2.24) is 9.97 Å². The average molecular weight is 234 g/mol. The highest BCUT2D eigenvalue weighted by molar-refractivity contribution is 5.09. The zero-order valence-electron chi connectivity index (χ0n) is 10.8. The summed E-state index contributed by atoms with van der Waals surface area (Å²) < 4.78 is 0. The lowest BCUT2D eigenvalue weighted by atomic mass is 9.71. The fourth-order valence-electron chi connectivity index (χ4n) is 3.10. The van der Waals surface area contributed by atoms with E-state index in [1.807, 2.05) is 0 Å². The van der Waals surface area contributed by atoms with E-state index in [1.54, 1.807) is 12.4 Å². The molecule has 0 aliphatic heterocycles. The normalized spacial score (nSPS) is 26.7. The van der Waals surface area contributed by atoms with E-state index in [9.17, 15) is 4.79 Å². The second kappa shape index (κ2) is 5.48. The summed E-state index contributed by atoms with van der Waals surface area (Å²) >= 11 is 0. The molecule has 1 aromatic heterocycles. The molecule has 1 aromatic rings. The summed E-state index contributed by atoms with van der Waals surface area (Å²) in [6, 6.07) is 1.69. The van der Waals surface area contributed by atoms with Gasteiger partial charge in [-0.15, -0.1) is 0 Å². The number of nitrogens with zero attached hydrogens (tertiary/aromatic N) is 1. The smallest absolute Gasteiger partial charge is 0.250 e. The Labute approximate surface area is 103 Å². The van der Waals surface area contributed by atoms with Gasteiger partial charge in [0.2, 0.25) is 0 Å². The molecule has 17 heavy (non-hydrogen) atoms. The summed E-state index contributed by atoms with van der Waals surface area (Å²) in [5.74, 6) is 1.91. The van der Waals surface area contributed by atoms with E-state index in [0.717, 1.165) is 11.6 Å². The first-order valence-corrected chi connectivity index (χ1v) is 6.77. The predicted molar refractivity (Wildman–Crippen MR) is 69.0 cm³/mol. The quantitative estimate of drug-likeness (QED) is 0.873. The lowest BCUT2D eigenvalue weighted by molar-refractivity contribution is 0.217. The van der Waals surface area contributed by atoms with Crippen LogP contribution in [0.25, 0.3) is 0 Å². The predicted octanol–water partition coefficient (Wildman–Crippen LogP) is 3.09. The summed E-state index contributed by atoms with van der Waals surface area (Å²) in [6.07, 6.45) is 7.82. The minimum Gasteiger partial charge on any atom is -0.313 e. The average Bonchev–Trinajstić information content (AvgIpc) is 2.38. The highest BCUT2D eigenvalue weighted by Crippen LogP contribution is 2.41. The topological polar surface area (TPSA) is 45.8 Å². The number of hydrogen-bond donors (Lipinski definition) is 1. The largest absolute Gasteiger partial charge is 0.313 e. The molecule has 3 unspecified atom stereocenters. The van der Waals surface area contributed by atoms with E-state index in [4.69, 9.17) is 0 Å². The maximum Gasteiger partial charge on any atom is 0.250 e. The molecule has 1 saturated carbocycles. The van der Waals surface area contributed by atoms with E-state index in [2.05, 4.69) is 23.8 Å². The maximum atomic E-state index is 11.4. The lowest BCUT2D eigenvalue weighted by Crippen LogP contribution is -2.25. The Morgan fingerprint density at radius 3 is 2.94 bits per heavy atom. The van der Waals surface area contributed by atoms with Crippen LogP contribution in [-0.2, 0) is 0 Å². The molecule has 3 heteroatoms. The summed E-state index contributed by atoms with van der Waals surface area (Å²) in [6.45, 7) is 4.58. The molecule has 0 saturated heterocycles. The van der Waals surface area contributed by atoms with Crippen LogP contribution >= 0.6 is 0 Å². The van der Waals surface area contributed by atoms with Crippen molar-refractivity contribution in [3.05, 3.63) is 28.4 Å². The molecule has 1 fully saturated rings. The molecule has 0 amide bonds. The fourth-order valence-corrected chi connectivity index (χ4v) is 3.10. The molecule has 3 atom stereocenters. The third kappa shape index (κ3) is 2.76. The number of rotatable bonds is 3. The first-order chi connectivity index (χ1) is 8.22. The summed E-state index contributed by atoms with van der Waals surface area (Å²) in [7, 11) is 0. The molecular weight excluding hydrogens is 212 g/mol. The van der Waals surface area contributed by atoms with Crippen LogP contribution in [0.2, 0.25) is 0 Å². The van der Waals surface area contributed by atoms with Gasteiger partial charge in [0.05, 0.1) is 12.0 Å². The Bertz CT molecular complexity index is 413. The number of H-pyrrole nitrogens is 1. The van der Waals surface area contributed by atoms with Crippen LogP contribution in [0.15, 0.2) is 17.2 Å². The molecule has 2 rings (SSSR count). The van der Waals surface area contributed by atoms with Gasteiger partial charge in [0.1, 0.15) is 0 Å². The molecule has 3 nitrogen and oxygen atoms in total. The molecule has 0 aromatic carbocycles. The third-order valence-corrected chi connectivity index (χ3v) is 4.27. The summed E-state index contributed by atoms with van der Waals surface area (Å²) in [5, 5.41) is 0. The minimum absolute atomic E-state index is 0.0246. The van der Waals surface area contributed by atoms with Crippen molar-refractivity contribution in [3.63, 3.8) is 0 Å². The van der Waals surface area contributed by atoms with E-state index in [-0.39, 0.29) is 5.56 Å². The van der Waals surface area contributed by atoms with Crippen molar-refractivity contribution < 1.29 is 0 Å². The van der Waals surface area contributed by atoms with E-state index in [1.165, 1.54) is 32.1 Å². The van der Waals surface area contributed by atoms with Gasteiger partial charge >= 0.3 is 0 Å².